The second-order valence-electron chi connectivity index (χ2n) is 7.56. The fourth-order valence-electron chi connectivity index (χ4n) is 3.67. The number of phenolic OH excluding ortho intramolecular Hbond substituents is 1. The van der Waals surface area contributed by atoms with Gasteiger partial charge in [-0.15, -0.1) is 0 Å². The minimum Gasteiger partial charge on any atom is -0.507 e. The van der Waals surface area contributed by atoms with Crippen LogP contribution in [0.3, 0.4) is 0 Å². The van der Waals surface area contributed by atoms with Crippen molar-refractivity contribution >= 4 is 24.3 Å². The van der Waals surface area contributed by atoms with Crippen molar-refractivity contribution < 1.29 is 24.5 Å². The predicted molar refractivity (Wildman–Crippen MR) is 140 cm³/mol. The molecule has 0 bridgehead atoms. The van der Waals surface area contributed by atoms with Crippen LogP contribution in [-0.2, 0) is 0 Å². The molecule has 0 saturated heterocycles. The second-order valence-corrected chi connectivity index (χ2v) is 7.92. The summed E-state index contributed by atoms with van der Waals surface area (Å²) >= 11 is 5.65. The van der Waals surface area contributed by atoms with Crippen LogP contribution in [0.1, 0.15) is 15.9 Å². The van der Waals surface area contributed by atoms with E-state index in [0.717, 1.165) is 6.21 Å². The van der Waals surface area contributed by atoms with Gasteiger partial charge in [-0.1, -0.05) is 36.4 Å². The van der Waals surface area contributed by atoms with Gasteiger partial charge in [0.1, 0.15) is 22.8 Å². The molecular formula is C26H22N4O6S. The number of hydrogen-bond donors (Lipinski definition) is 3. The Balaban J connectivity index is 1.93. The number of phenols is 1. The number of ether oxygens (including phenoxy) is 2. The summed E-state index contributed by atoms with van der Waals surface area (Å²) < 4.78 is 13.2. The molecule has 0 aliphatic heterocycles. The van der Waals surface area contributed by atoms with Crippen LogP contribution in [0.25, 0.3) is 11.4 Å². The van der Waals surface area contributed by atoms with Crippen LogP contribution in [-0.4, -0.2) is 45.7 Å². The number of benzene rings is 3. The Kier molecular flexibility index (Phi) is 7.35. The molecule has 0 spiro atoms. The van der Waals surface area contributed by atoms with Crippen molar-refractivity contribution in [2.45, 2.75) is 0 Å². The maximum atomic E-state index is 13.6. The highest BCUT2D eigenvalue weighted by molar-refractivity contribution is 7.71. The van der Waals surface area contributed by atoms with Gasteiger partial charge in [-0.2, -0.15) is 5.10 Å². The summed E-state index contributed by atoms with van der Waals surface area (Å²) in [7, 11) is 2.92. The molecule has 0 unspecified atom stereocenters. The van der Waals surface area contributed by atoms with E-state index in [4.69, 9.17) is 21.7 Å². The first-order valence-corrected chi connectivity index (χ1v) is 11.3. The number of carbonyl (C=O) groups excluding carboxylic acids is 1. The summed E-state index contributed by atoms with van der Waals surface area (Å²) in [5, 5.41) is 24.9. The third-order valence-electron chi connectivity index (χ3n) is 5.43. The van der Waals surface area contributed by atoms with E-state index in [0.29, 0.717) is 22.9 Å². The van der Waals surface area contributed by atoms with Crippen LogP contribution in [0.15, 0.2) is 82.7 Å². The highest BCUT2D eigenvalue weighted by Crippen LogP contribution is 2.29. The van der Waals surface area contributed by atoms with E-state index in [-0.39, 0.29) is 21.6 Å². The summed E-state index contributed by atoms with van der Waals surface area (Å²) in [6.07, 6.45) is 1.00. The first-order chi connectivity index (χ1) is 17.9. The van der Waals surface area contributed by atoms with E-state index in [1.807, 2.05) is 0 Å². The summed E-state index contributed by atoms with van der Waals surface area (Å²) in [6, 6.07) is 19.5. The normalized spacial score (nSPS) is 10.9. The van der Waals surface area contributed by atoms with E-state index in [2.05, 4.69) is 10.5 Å². The smallest absolute Gasteiger partial charge is 0.275 e. The number of aromatic nitrogens is 2. The minimum atomic E-state index is -0.712. The molecule has 37 heavy (non-hydrogen) atoms. The maximum absolute atomic E-state index is 13.6. The molecule has 3 N–H and O–H groups in total. The molecule has 0 saturated carbocycles. The number of hydrazone groups is 1. The number of amides is 1. The molecule has 0 aliphatic carbocycles. The van der Waals surface area contributed by atoms with Crippen LogP contribution in [0.5, 0.6) is 23.1 Å². The molecule has 0 atom stereocenters. The highest BCUT2D eigenvalue weighted by Gasteiger charge is 2.21. The monoisotopic (exact) mass is 518 g/mol. The Bertz CT molecular complexity index is 1630. The van der Waals surface area contributed by atoms with Gasteiger partial charge in [-0.25, -0.2) is 9.99 Å². The fraction of sp³-hybridized carbons (Fsp3) is 0.0769. The molecule has 0 aliphatic rings. The van der Waals surface area contributed by atoms with E-state index in [1.54, 1.807) is 60.7 Å². The summed E-state index contributed by atoms with van der Waals surface area (Å²) in [5.41, 5.74) is 1.94. The Labute approximate surface area is 216 Å². The lowest BCUT2D eigenvalue weighted by Crippen LogP contribution is -2.28. The lowest BCUT2D eigenvalue weighted by atomic mass is 10.2. The highest BCUT2D eigenvalue weighted by atomic mass is 32.1. The second kappa shape index (κ2) is 10.8. The van der Waals surface area contributed by atoms with Crippen molar-refractivity contribution in [3.05, 3.63) is 99.0 Å². The van der Waals surface area contributed by atoms with E-state index >= 15 is 0 Å². The van der Waals surface area contributed by atoms with Gasteiger partial charge < -0.3 is 19.7 Å². The number of hydrogen-bond acceptors (Lipinski definition) is 8. The van der Waals surface area contributed by atoms with Gasteiger partial charge in [-0.3, -0.25) is 14.2 Å². The first kappa shape index (κ1) is 25.2. The van der Waals surface area contributed by atoms with Crippen LogP contribution in [0.2, 0.25) is 0 Å². The topological polar surface area (TPSA) is 127 Å². The zero-order valence-corrected chi connectivity index (χ0v) is 20.6. The number of methoxy groups -OCH3 is 2. The van der Waals surface area contributed by atoms with Gasteiger partial charge in [0, 0.05) is 0 Å². The molecule has 4 rings (SSSR count). The summed E-state index contributed by atoms with van der Waals surface area (Å²) in [5.74, 6) is -0.720. The standard InChI is InChI=1S/C26H22N4O6S/c1-35-21-13-7-4-10-18(21)29-24(33)17(15-27-28-23(32)16-9-3-6-12-20(16)31)25(34)30(26(29)37)19-11-5-8-14-22(19)36-2/h3-15,31,33H,1-2H3,(H,28,32)/b27-15-. The zero-order valence-electron chi connectivity index (χ0n) is 19.8. The quantitative estimate of drug-likeness (QED) is 0.194. The summed E-state index contributed by atoms with van der Waals surface area (Å²) in [6.45, 7) is 0. The fourth-order valence-corrected chi connectivity index (χ4v) is 4.03. The molecule has 0 radical (unpaired) electrons. The molecule has 1 heterocycles. The minimum absolute atomic E-state index is 0.0136. The lowest BCUT2D eigenvalue weighted by molar-refractivity contribution is 0.0952. The molecule has 11 heteroatoms. The SMILES string of the molecule is COc1ccccc1-n1c(O)c(/C=N\NC(=O)c2ccccc2O)c(=O)n(-c2ccccc2OC)c1=S. The van der Waals surface area contributed by atoms with Crippen LogP contribution in [0.4, 0.5) is 0 Å². The van der Waals surface area contributed by atoms with E-state index in [1.165, 1.54) is 35.5 Å². The van der Waals surface area contributed by atoms with Crippen molar-refractivity contribution in [2.24, 2.45) is 5.10 Å². The van der Waals surface area contributed by atoms with E-state index < -0.39 is 17.3 Å². The Morgan fingerprint density at radius 1 is 0.892 bits per heavy atom. The average Bonchev–Trinajstić information content (AvgIpc) is 2.91. The van der Waals surface area contributed by atoms with Gasteiger partial charge >= 0.3 is 0 Å². The van der Waals surface area contributed by atoms with E-state index in [9.17, 15) is 19.8 Å². The molecule has 1 aromatic heterocycles. The Morgan fingerprint density at radius 3 is 2.03 bits per heavy atom. The lowest BCUT2D eigenvalue weighted by Gasteiger charge is -2.19. The third-order valence-corrected chi connectivity index (χ3v) is 5.79. The Hall–Kier alpha value is -4.90. The van der Waals surface area contributed by atoms with Crippen molar-refractivity contribution in [1.29, 1.82) is 0 Å². The predicted octanol–water partition coefficient (Wildman–Crippen LogP) is 3.55. The van der Waals surface area contributed by atoms with Gasteiger partial charge in [0.15, 0.2) is 4.77 Å². The number of nitrogens with zero attached hydrogens (tertiary/aromatic N) is 3. The van der Waals surface area contributed by atoms with Crippen molar-refractivity contribution in [3.8, 4) is 34.5 Å². The summed E-state index contributed by atoms with van der Waals surface area (Å²) in [4.78, 5) is 26.0. The molecular weight excluding hydrogens is 496 g/mol. The van der Waals surface area contributed by atoms with Gasteiger partial charge in [-0.05, 0) is 48.6 Å². The van der Waals surface area contributed by atoms with Gasteiger partial charge in [0.2, 0.25) is 5.88 Å². The number of nitrogens with one attached hydrogen (secondary N) is 1. The number of aromatic hydroxyl groups is 2. The first-order valence-electron chi connectivity index (χ1n) is 10.9. The number of para-hydroxylation sites is 5. The van der Waals surface area contributed by atoms with Crippen molar-refractivity contribution in [3.63, 3.8) is 0 Å². The van der Waals surface area contributed by atoms with Gasteiger partial charge in [0.25, 0.3) is 11.5 Å². The zero-order chi connectivity index (χ0) is 26.5. The molecule has 3 aromatic carbocycles. The van der Waals surface area contributed by atoms with Crippen LogP contribution in [0, 0.1) is 4.77 Å². The largest absolute Gasteiger partial charge is 0.507 e. The molecule has 0 fully saturated rings. The average molecular weight is 519 g/mol. The molecule has 1 amide bonds. The third kappa shape index (κ3) is 4.80. The number of carbonyl (C=O) groups is 1. The molecule has 10 nitrogen and oxygen atoms in total. The van der Waals surface area contributed by atoms with Crippen molar-refractivity contribution in [2.75, 3.05) is 14.2 Å². The number of rotatable bonds is 7. The van der Waals surface area contributed by atoms with Crippen LogP contribution < -0.4 is 20.5 Å². The maximum Gasteiger partial charge on any atom is 0.275 e. The molecule has 4 aromatic rings. The van der Waals surface area contributed by atoms with Crippen LogP contribution >= 0.6 is 12.2 Å². The van der Waals surface area contributed by atoms with Gasteiger partial charge in [0.05, 0.1) is 37.4 Å². The molecule has 188 valence electrons. The Morgan fingerprint density at radius 2 is 1.43 bits per heavy atom. The van der Waals surface area contributed by atoms with Crippen molar-refractivity contribution in [1.82, 2.24) is 14.6 Å².